The smallest absolute Gasteiger partial charge is 0.159 e. The molecular formula is C30H26F2N6. The maximum Gasteiger partial charge on any atom is 0.159 e. The Bertz CT molecular complexity index is 1710. The quantitative estimate of drug-likeness (QED) is 0.189. The van der Waals surface area contributed by atoms with Crippen LogP contribution in [0.2, 0.25) is 0 Å². The predicted molar refractivity (Wildman–Crippen MR) is 148 cm³/mol. The van der Waals surface area contributed by atoms with Gasteiger partial charge < -0.3 is 10.3 Å². The van der Waals surface area contributed by atoms with E-state index in [0.717, 1.165) is 29.1 Å². The van der Waals surface area contributed by atoms with Crippen molar-refractivity contribution in [3.05, 3.63) is 114 Å². The zero-order chi connectivity index (χ0) is 26.8. The number of H-pyrrole nitrogens is 2. The summed E-state index contributed by atoms with van der Waals surface area (Å²) >= 11 is 0. The fraction of sp³-hybridized carbons (Fsp3) is 0.100. The van der Waals surface area contributed by atoms with Crippen molar-refractivity contribution in [1.82, 2.24) is 25.1 Å². The molecule has 5 rings (SSSR count). The average molecular weight is 509 g/mol. The Balaban J connectivity index is 1.59. The molecule has 6 nitrogen and oxygen atoms in total. The van der Waals surface area contributed by atoms with Gasteiger partial charge in [0.15, 0.2) is 5.82 Å². The standard InChI is InChI=1S/C30H26F2N6/c1-5-8-23(19-9-7-10-21(31)11-19)28-18(4)35-30(36-28)29-25-13-24(26(32)14-27(25)37-38-29)20-12-22(16-33-15-20)34-17(3)6-2/h5,7-16,34H,1,3,6H2,2,4H3,(H,35,36)(H,37,38)/b23-8-. The minimum Gasteiger partial charge on any atom is -0.358 e. The first-order chi connectivity index (χ1) is 18.4. The highest BCUT2D eigenvalue weighted by Gasteiger charge is 2.19. The molecule has 0 saturated heterocycles. The Morgan fingerprint density at radius 1 is 1.13 bits per heavy atom. The van der Waals surface area contributed by atoms with E-state index in [-0.39, 0.29) is 5.82 Å². The summed E-state index contributed by atoms with van der Waals surface area (Å²) in [6.07, 6.45) is 7.48. The van der Waals surface area contributed by atoms with Gasteiger partial charge in [-0.25, -0.2) is 13.8 Å². The Labute approximate surface area is 218 Å². The van der Waals surface area contributed by atoms with Gasteiger partial charge in [-0.2, -0.15) is 5.10 Å². The molecule has 190 valence electrons. The number of aromatic nitrogens is 5. The molecule has 0 aliphatic heterocycles. The summed E-state index contributed by atoms with van der Waals surface area (Å²) < 4.78 is 29.1. The first-order valence-corrected chi connectivity index (χ1v) is 12.1. The molecule has 0 saturated carbocycles. The van der Waals surface area contributed by atoms with Crippen LogP contribution >= 0.6 is 0 Å². The minimum absolute atomic E-state index is 0.341. The van der Waals surface area contributed by atoms with Crippen molar-refractivity contribution in [1.29, 1.82) is 0 Å². The van der Waals surface area contributed by atoms with Gasteiger partial charge in [0.1, 0.15) is 17.3 Å². The van der Waals surface area contributed by atoms with Gasteiger partial charge in [0.05, 0.1) is 23.1 Å². The molecule has 3 aromatic heterocycles. The second kappa shape index (κ2) is 10.3. The van der Waals surface area contributed by atoms with E-state index in [1.54, 1.807) is 36.7 Å². The number of halogens is 2. The Morgan fingerprint density at radius 3 is 2.74 bits per heavy atom. The number of allylic oxidation sites excluding steroid dienone is 3. The summed E-state index contributed by atoms with van der Waals surface area (Å²) in [6.45, 7) is 11.6. The van der Waals surface area contributed by atoms with Crippen molar-refractivity contribution in [3.63, 3.8) is 0 Å². The first-order valence-electron chi connectivity index (χ1n) is 12.1. The van der Waals surface area contributed by atoms with Crippen LogP contribution in [-0.4, -0.2) is 25.1 Å². The second-order valence-corrected chi connectivity index (χ2v) is 8.88. The maximum absolute atomic E-state index is 15.2. The van der Waals surface area contributed by atoms with E-state index in [4.69, 9.17) is 4.98 Å². The van der Waals surface area contributed by atoms with E-state index < -0.39 is 5.82 Å². The van der Waals surface area contributed by atoms with E-state index in [2.05, 4.69) is 38.6 Å². The lowest BCUT2D eigenvalue weighted by Crippen LogP contribution is -1.97. The number of nitrogens with one attached hydrogen (secondary N) is 3. The van der Waals surface area contributed by atoms with Crippen LogP contribution in [0.3, 0.4) is 0 Å². The molecular weight excluding hydrogens is 482 g/mol. The number of benzene rings is 2. The number of rotatable bonds is 8. The van der Waals surface area contributed by atoms with Crippen LogP contribution in [0.1, 0.15) is 30.3 Å². The molecule has 0 atom stereocenters. The topological polar surface area (TPSA) is 82.3 Å². The monoisotopic (exact) mass is 508 g/mol. The fourth-order valence-electron chi connectivity index (χ4n) is 4.31. The third kappa shape index (κ3) is 4.76. The molecule has 0 spiro atoms. The molecule has 5 aromatic rings. The summed E-state index contributed by atoms with van der Waals surface area (Å²) in [7, 11) is 0. The molecule has 2 aromatic carbocycles. The lowest BCUT2D eigenvalue weighted by Gasteiger charge is -2.10. The van der Waals surface area contributed by atoms with Gasteiger partial charge in [-0.15, -0.1) is 0 Å². The summed E-state index contributed by atoms with van der Waals surface area (Å²) in [6, 6.07) is 11.3. The van der Waals surface area contributed by atoms with Gasteiger partial charge in [-0.1, -0.05) is 44.4 Å². The van der Waals surface area contributed by atoms with E-state index in [1.807, 2.05) is 26.0 Å². The van der Waals surface area contributed by atoms with E-state index in [9.17, 15) is 4.39 Å². The highest BCUT2D eigenvalue weighted by molar-refractivity contribution is 5.95. The molecule has 0 aliphatic carbocycles. The van der Waals surface area contributed by atoms with Crippen LogP contribution in [0.4, 0.5) is 14.5 Å². The zero-order valence-corrected chi connectivity index (χ0v) is 21.1. The third-order valence-corrected chi connectivity index (χ3v) is 6.23. The van der Waals surface area contributed by atoms with Crippen molar-refractivity contribution in [3.8, 4) is 22.6 Å². The number of anilines is 1. The van der Waals surface area contributed by atoms with Crippen LogP contribution in [0.5, 0.6) is 0 Å². The number of fused-ring (bicyclic) bond motifs is 1. The number of hydrogen-bond donors (Lipinski definition) is 3. The maximum atomic E-state index is 15.2. The van der Waals surface area contributed by atoms with Gasteiger partial charge in [0, 0.05) is 45.7 Å². The molecule has 0 amide bonds. The predicted octanol–water partition coefficient (Wildman–Crippen LogP) is 7.55. The molecule has 0 aliphatic rings. The van der Waals surface area contributed by atoms with Crippen molar-refractivity contribution in [2.45, 2.75) is 20.3 Å². The lowest BCUT2D eigenvalue weighted by molar-refractivity contribution is 0.627. The Kier molecular flexibility index (Phi) is 6.70. The van der Waals surface area contributed by atoms with Gasteiger partial charge in [0.25, 0.3) is 0 Å². The summed E-state index contributed by atoms with van der Waals surface area (Å²) in [5, 5.41) is 11.2. The van der Waals surface area contributed by atoms with Crippen molar-refractivity contribution < 1.29 is 8.78 Å². The minimum atomic E-state index is -0.403. The van der Waals surface area contributed by atoms with Crippen LogP contribution in [0.15, 0.2) is 85.9 Å². The van der Waals surface area contributed by atoms with Gasteiger partial charge in [-0.3, -0.25) is 10.1 Å². The molecule has 0 fully saturated rings. The largest absolute Gasteiger partial charge is 0.358 e. The Morgan fingerprint density at radius 2 is 1.97 bits per heavy atom. The molecule has 0 bridgehead atoms. The number of aryl methyl sites for hydroxylation is 1. The Hall–Kier alpha value is -4.85. The first kappa shape index (κ1) is 24.8. The number of pyridine rings is 1. The molecule has 38 heavy (non-hydrogen) atoms. The summed E-state index contributed by atoms with van der Waals surface area (Å²) in [5.74, 6) is -0.244. The molecule has 3 N–H and O–H groups in total. The van der Waals surface area contributed by atoms with Crippen LogP contribution in [0, 0.1) is 18.6 Å². The number of imidazole rings is 1. The third-order valence-electron chi connectivity index (χ3n) is 6.23. The average Bonchev–Trinajstić information content (AvgIpc) is 3.49. The fourth-order valence-corrected chi connectivity index (χ4v) is 4.31. The molecule has 0 unspecified atom stereocenters. The highest BCUT2D eigenvalue weighted by Crippen LogP contribution is 2.34. The van der Waals surface area contributed by atoms with Gasteiger partial charge in [0.2, 0.25) is 0 Å². The van der Waals surface area contributed by atoms with Gasteiger partial charge in [-0.05, 0) is 43.2 Å². The van der Waals surface area contributed by atoms with Crippen molar-refractivity contribution in [2.75, 3.05) is 5.32 Å². The normalized spacial score (nSPS) is 11.6. The SMILES string of the molecule is C=C/C=C(/c1cccc(F)c1)c1nc(-c2n[nH]c3cc(F)c(-c4cncc(NC(=C)CC)c4)cc23)[nH]c1C. The number of nitrogens with zero attached hydrogens (tertiary/aromatic N) is 3. The highest BCUT2D eigenvalue weighted by atomic mass is 19.1. The van der Waals surface area contributed by atoms with E-state index in [1.165, 1.54) is 18.2 Å². The van der Waals surface area contributed by atoms with Crippen molar-refractivity contribution >= 4 is 22.2 Å². The second-order valence-electron chi connectivity index (χ2n) is 8.88. The molecule has 0 radical (unpaired) electrons. The van der Waals surface area contributed by atoms with E-state index in [0.29, 0.717) is 44.8 Å². The zero-order valence-electron chi connectivity index (χ0n) is 21.1. The van der Waals surface area contributed by atoms with Crippen LogP contribution < -0.4 is 5.32 Å². The van der Waals surface area contributed by atoms with Gasteiger partial charge >= 0.3 is 0 Å². The van der Waals surface area contributed by atoms with Crippen LogP contribution in [-0.2, 0) is 0 Å². The summed E-state index contributed by atoms with van der Waals surface area (Å²) in [5.41, 5.74) is 6.44. The summed E-state index contributed by atoms with van der Waals surface area (Å²) in [4.78, 5) is 12.4. The molecule has 3 heterocycles. The lowest BCUT2D eigenvalue weighted by atomic mass is 10.0. The number of aromatic amines is 2. The van der Waals surface area contributed by atoms with Crippen LogP contribution in [0.25, 0.3) is 39.1 Å². The van der Waals surface area contributed by atoms with Crippen molar-refractivity contribution in [2.24, 2.45) is 0 Å². The molecule has 8 heteroatoms. The number of hydrogen-bond acceptors (Lipinski definition) is 4. The van der Waals surface area contributed by atoms with E-state index >= 15 is 4.39 Å².